The lowest BCUT2D eigenvalue weighted by atomic mass is 10.0. The predicted molar refractivity (Wildman–Crippen MR) is 75.5 cm³/mol. The topological polar surface area (TPSA) is 37.4 Å². The maximum atomic E-state index is 11.9. The summed E-state index contributed by atoms with van der Waals surface area (Å²) in [5, 5.41) is 0. The minimum atomic E-state index is -0.182. The Balaban J connectivity index is 2.39. The van der Waals surface area contributed by atoms with E-state index in [1.165, 1.54) is 0 Å². The van der Waals surface area contributed by atoms with Gasteiger partial charge >= 0.3 is 0 Å². The highest BCUT2D eigenvalue weighted by Crippen LogP contribution is 2.33. The molecule has 4 heteroatoms. The summed E-state index contributed by atoms with van der Waals surface area (Å²) in [6.45, 7) is 5.42. The fraction of sp³-hybridized carbons (Fsp3) is 0.429. The van der Waals surface area contributed by atoms with Gasteiger partial charge in [0, 0.05) is 24.2 Å². The van der Waals surface area contributed by atoms with E-state index in [0.717, 1.165) is 17.7 Å². The largest absolute Gasteiger partial charge is 0.309 e. The molecule has 0 spiro atoms. The molecule has 2 unspecified atom stereocenters. The number of ketones is 1. The molecule has 96 valence electrons. The minimum Gasteiger partial charge on any atom is -0.309 e. The average molecular weight is 310 g/mol. The standard InChI is InChI=1S/C14H16BrNO2/c1-8-6-12-7-11(14(18)9(2)15)4-5-13(12)16(8)10(3)17/h4-5,7-9H,6H2,1-3H3. The van der Waals surface area contributed by atoms with Crippen LogP contribution in [0, 0.1) is 0 Å². The number of Topliss-reactive ketones (excluding diaryl/α,β-unsaturated/α-hetero) is 1. The lowest BCUT2D eigenvalue weighted by Crippen LogP contribution is -2.33. The number of alkyl halides is 1. The molecule has 1 heterocycles. The van der Waals surface area contributed by atoms with Crippen LogP contribution in [0.5, 0.6) is 0 Å². The second-order valence-corrected chi connectivity index (χ2v) is 6.14. The number of nitrogens with zero attached hydrogens (tertiary/aromatic N) is 1. The summed E-state index contributed by atoms with van der Waals surface area (Å²) in [7, 11) is 0. The lowest BCUT2D eigenvalue weighted by Gasteiger charge is -2.20. The average Bonchev–Trinajstić information content (AvgIpc) is 2.62. The predicted octanol–water partition coefficient (Wildman–Crippen LogP) is 2.95. The van der Waals surface area contributed by atoms with Gasteiger partial charge < -0.3 is 4.90 Å². The Labute approximate surface area is 115 Å². The first-order valence-electron chi connectivity index (χ1n) is 6.03. The van der Waals surface area contributed by atoms with Crippen LogP contribution in [0.2, 0.25) is 0 Å². The van der Waals surface area contributed by atoms with Crippen molar-refractivity contribution in [1.82, 2.24) is 0 Å². The van der Waals surface area contributed by atoms with Crippen LogP contribution in [-0.4, -0.2) is 22.6 Å². The highest BCUT2D eigenvalue weighted by Gasteiger charge is 2.29. The maximum absolute atomic E-state index is 11.9. The van der Waals surface area contributed by atoms with E-state index >= 15 is 0 Å². The molecule has 1 aromatic carbocycles. The number of hydrogen-bond donors (Lipinski definition) is 0. The van der Waals surface area contributed by atoms with Crippen molar-refractivity contribution in [2.24, 2.45) is 0 Å². The highest BCUT2D eigenvalue weighted by atomic mass is 79.9. The molecule has 18 heavy (non-hydrogen) atoms. The monoisotopic (exact) mass is 309 g/mol. The summed E-state index contributed by atoms with van der Waals surface area (Å²) in [6.07, 6.45) is 0.812. The quantitative estimate of drug-likeness (QED) is 0.622. The van der Waals surface area contributed by atoms with Crippen LogP contribution >= 0.6 is 15.9 Å². The van der Waals surface area contributed by atoms with Crippen molar-refractivity contribution >= 4 is 33.3 Å². The summed E-state index contributed by atoms with van der Waals surface area (Å²) in [4.78, 5) is 25.1. The maximum Gasteiger partial charge on any atom is 0.224 e. The Morgan fingerprint density at radius 3 is 2.67 bits per heavy atom. The van der Waals surface area contributed by atoms with Crippen LogP contribution in [0.4, 0.5) is 5.69 Å². The van der Waals surface area contributed by atoms with Gasteiger partial charge in [-0.3, -0.25) is 9.59 Å². The van der Waals surface area contributed by atoms with Crippen molar-refractivity contribution in [1.29, 1.82) is 0 Å². The van der Waals surface area contributed by atoms with E-state index < -0.39 is 0 Å². The van der Waals surface area contributed by atoms with Gasteiger partial charge in [-0.2, -0.15) is 0 Å². The fourth-order valence-electron chi connectivity index (χ4n) is 2.49. The van der Waals surface area contributed by atoms with E-state index in [1.807, 2.05) is 26.0 Å². The Hall–Kier alpha value is -1.16. The molecule has 0 aromatic heterocycles. The molecule has 3 nitrogen and oxygen atoms in total. The zero-order chi connectivity index (χ0) is 13.4. The normalized spacial score (nSPS) is 19.6. The summed E-state index contributed by atoms with van der Waals surface area (Å²) in [5.41, 5.74) is 2.72. The Bertz CT molecular complexity index is 511. The number of fused-ring (bicyclic) bond motifs is 1. The number of carbonyl (C=O) groups is 2. The Morgan fingerprint density at radius 1 is 1.44 bits per heavy atom. The molecule has 0 saturated carbocycles. The molecule has 1 aliphatic rings. The zero-order valence-corrected chi connectivity index (χ0v) is 12.3. The van der Waals surface area contributed by atoms with Gasteiger partial charge in [0.05, 0.1) is 4.83 Å². The Kier molecular flexibility index (Phi) is 3.57. The third kappa shape index (κ3) is 2.21. The lowest BCUT2D eigenvalue weighted by molar-refractivity contribution is -0.116. The van der Waals surface area contributed by atoms with Crippen molar-refractivity contribution in [3.05, 3.63) is 29.3 Å². The summed E-state index contributed by atoms with van der Waals surface area (Å²) in [5.74, 6) is 0.126. The fourth-order valence-corrected chi connectivity index (χ4v) is 2.76. The summed E-state index contributed by atoms with van der Waals surface area (Å²) >= 11 is 3.29. The highest BCUT2D eigenvalue weighted by molar-refractivity contribution is 9.10. The first kappa shape index (κ1) is 13.3. The van der Waals surface area contributed by atoms with Crippen molar-refractivity contribution in [3.63, 3.8) is 0 Å². The van der Waals surface area contributed by atoms with E-state index in [9.17, 15) is 9.59 Å². The van der Waals surface area contributed by atoms with Gasteiger partial charge in [0.2, 0.25) is 5.91 Å². The molecule has 1 aromatic rings. The third-order valence-electron chi connectivity index (χ3n) is 3.28. The minimum absolute atomic E-state index is 0.0502. The molecule has 0 bridgehead atoms. The van der Waals surface area contributed by atoms with Crippen LogP contribution in [0.25, 0.3) is 0 Å². The second kappa shape index (κ2) is 4.84. The molecule has 0 radical (unpaired) electrons. The molecule has 0 N–H and O–H groups in total. The van der Waals surface area contributed by atoms with Crippen LogP contribution < -0.4 is 4.90 Å². The number of rotatable bonds is 2. The van der Waals surface area contributed by atoms with E-state index in [0.29, 0.717) is 5.56 Å². The van der Waals surface area contributed by atoms with Crippen molar-refractivity contribution < 1.29 is 9.59 Å². The van der Waals surface area contributed by atoms with Gasteiger partial charge in [0.1, 0.15) is 0 Å². The van der Waals surface area contributed by atoms with Gasteiger partial charge in [-0.25, -0.2) is 0 Å². The van der Waals surface area contributed by atoms with E-state index in [2.05, 4.69) is 15.9 Å². The molecule has 0 saturated heterocycles. The number of benzene rings is 1. The number of carbonyl (C=O) groups excluding carboxylic acids is 2. The first-order chi connectivity index (χ1) is 8.41. The number of halogens is 1. The van der Waals surface area contributed by atoms with E-state index in [1.54, 1.807) is 17.9 Å². The van der Waals surface area contributed by atoms with Crippen LogP contribution in [0.1, 0.15) is 36.7 Å². The second-order valence-electron chi connectivity index (χ2n) is 4.77. The van der Waals surface area contributed by atoms with Crippen molar-refractivity contribution in [3.8, 4) is 0 Å². The number of hydrogen-bond acceptors (Lipinski definition) is 2. The van der Waals surface area contributed by atoms with Gasteiger partial charge in [-0.05, 0) is 44.0 Å². The van der Waals surface area contributed by atoms with Crippen LogP contribution in [0.15, 0.2) is 18.2 Å². The van der Waals surface area contributed by atoms with Gasteiger partial charge in [-0.1, -0.05) is 15.9 Å². The summed E-state index contributed by atoms with van der Waals surface area (Å²) < 4.78 is 0. The van der Waals surface area contributed by atoms with Crippen molar-refractivity contribution in [2.75, 3.05) is 4.90 Å². The molecular weight excluding hydrogens is 294 g/mol. The van der Waals surface area contributed by atoms with Crippen molar-refractivity contribution in [2.45, 2.75) is 38.1 Å². The zero-order valence-electron chi connectivity index (χ0n) is 10.7. The third-order valence-corrected chi connectivity index (χ3v) is 3.70. The van der Waals surface area contributed by atoms with Gasteiger partial charge in [-0.15, -0.1) is 0 Å². The Morgan fingerprint density at radius 2 is 2.11 bits per heavy atom. The number of amides is 1. The van der Waals surface area contributed by atoms with Crippen LogP contribution in [0.3, 0.4) is 0 Å². The molecule has 0 fully saturated rings. The van der Waals surface area contributed by atoms with E-state index in [-0.39, 0.29) is 22.6 Å². The smallest absolute Gasteiger partial charge is 0.224 e. The van der Waals surface area contributed by atoms with Gasteiger partial charge in [0.15, 0.2) is 5.78 Å². The molecule has 1 aliphatic heterocycles. The number of anilines is 1. The first-order valence-corrected chi connectivity index (χ1v) is 6.94. The molecule has 2 rings (SSSR count). The van der Waals surface area contributed by atoms with Crippen LogP contribution in [-0.2, 0) is 11.2 Å². The molecule has 1 amide bonds. The summed E-state index contributed by atoms with van der Waals surface area (Å²) in [6, 6.07) is 5.76. The molecule has 2 atom stereocenters. The molecular formula is C14H16BrNO2. The molecule has 0 aliphatic carbocycles. The van der Waals surface area contributed by atoms with E-state index in [4.69, 9.17) is 0 Å². The van der Waals surface area contributed by atoms with Gasteiger partial charge in [0.25, 0.3) is 0 Å². The SMILES string of the molecule is CC(=O)N1c2ccc(C(=O)C(C)Br)cc2CC1C.